The highest BCUT2D eigenvalue weighted by Crippen LogP contribution is 2.28. The van der Waals surface area contributed by atoms with Crippen molar-refractivity contribution >= 4 is 0 Å². The third-order valence-corrected chi connectivity index (χ3v) is 4.69. The van der Waals surface area contributed by atoms with Crippen molar-refractivity contribution in [2.45, 2.75) is 39.3 Å². The molecule has 4 atom stereocenters. The highest BCUT2D eigenvalue weighted by atomic mass is 15.2. The Bertz CT molecular complexity index is 376. The summed E-state index contributed by atoms with van der Waals surface area (Å²) in [5.74, 6) is 1.62. The maximum absolute atomic E-state index is 3.47. The largest absolute Gasteiger partial charge is 0.312 e. The molecule has 1 N–H and O–H groups in total. The normalized spacial score (nSPS) is 30.2. The van der Waals surface area contributed by atoms with Crippen molar-refractivity contribution < 1.29 is 0 Å². The van der Waals surface area contributed by atoms with Crippen LogP contribution in [-0.2, 0) is 0 Å². The minimum absolute atomic E-state index is 0.432. The molecule has 0 aromatic heterocycles. The van der Waals surface area contributed by atoms with Crippen LogP contribution in [0, 0.1) is 11.8 Å². The molecular formula is C17H28N2. The van der Waals surface area contributed by atoms with Crippen LogP contribution in [0.1, 0.15) is 38.8 Å². The number of rotatable bonds is 4. The van der Waals surface area contributed by atoms with Gasteiger partial charge in [-0.2, -0.15) is 0 Å². The fourth-order valence-electron chi connectivity index (χ4n) is 3.36. The van der Waals surface area contributed by atoms with Gasteiger partial charge in [-0.25, -0.2) is 0 Å². The predicted molar refractivity (Wildman–Crippen MR) is 82.2 cm³/mol. The van der Waals surface area contributed by atoms with Gasteiger partial charge in [-0.1, -0.05) is 44.2 Å². The molecular weight excluding hydrogens is 232 g/mol. The van der Waals surface area contributed by atoms with E-state index in [-0.39, 0.29) is 0 Å². The van der Waals surface area contributed by atoms with E-state index in [1.54, 1.807) is 0 Å². The topological polar surface area (TPSA) is 15.3 Å². The Kier molecular flexibility index (Phi) is 5.00. The first-order valence-electron chi connectivity index (χ1n) is 7.58. The summed E-state index contributed by atoms with van der Waals surface area (Å²) in [5.41, 5.74) is 1.39. The molecule has 2 nitrogen and oxygen atoms in total. The van der Waals surface area contributed by atoms with E-state index in [0.29, 0.717) is 12.1 Å². The summed E-state index contributed by atoms with van der Waals surface area (Å²) in [5, 5.41) is 3.47. The molecule has 19 heavy (non-hydrogen) atoms. The summed E-state index contributed by atoms with van der Waals surface area (Å²) < 4.78 is 0. The Morgan fingerprint density at radius 2 is 1.89 bits per heavy atom. The maximum atomic E-state index is 3.47. The number of hydrogen-bond donors (Lipinski definition) is 1. The van der Waals surface area contributed by atoms with Gasteiger partial charge in [-0.05, 0) is 37.8 Å². The van der Waals surface area contributed by atoms with Crippen LogP contribution in [0.3, 0.4) is 0 Å². The van der Waals surface area contributed by atoms with E-state index < -0.39 is 0 Å². The molecule has 106 valence electrons. The Labute approximate surface area is 118 Å². The standard InChI is InChI=1S/C17H28N2/c1-13-10-14(2)15(3)19(11-13)12-17(18-4)16-8-6-5-7-9-16/h5-9,13-15,17-18H,10-12H2,1-4H3. The van der Waals surface area contributed by atoms with E-state index in [1.165, 1.54) is 18.5 Å². The molecule has 0 aliphatic carbocycles. The molecule has 2 heteroatoms. The van der Waals surface area contributed by atoms with Gasteiger partial charge in [0.05, 0.1) is 0 Å². The molecule has 2 rings (SSSR count). The molecule has 1 saturated heterocycles. The number of benzene rings is 1. The molecule has 0 spiro atoms. The van der Waals surface area contributed by atoms with Crippen molar-refractivity contribution in [3.63, 3.8) is 0 Å². The molecule has 1 heterocycles. The van der Waals surface area contributed by atoms with Crippen LogP contribution in [0.4, 0.5) is 0 Å². The number of piperidine rings is 1. The summed E-state index contributed by atoms with van der Waals surface area (Å²) in [6.07, 6.45) is 1.37. The predicted octanol–water partition coefficient (Wildman–Crippen LogP) is 3.31. The number of likely N-dealkylation sites (tertiary alicyclic amines) is 1. The molecule has 1 aromatic carbocycles. The Morgan fingerprint density at radius 3 is 2.53 bits per heavy atom. The SMILES string of the molecule is CNC(CN1CC(C)CC(C)C1C)c1ccccc1. The molecule has 1 aliphatic rings. The maximum Gasteiger partial charge on any atom is 0.0446 e. The average Bonchev–Trinajstić information content (AvgIpc) is 2.42. The van der Waals surface area contributed by atoms with Crippen LogP contribution in [-0.4, -0.2) is 31.1 Å². The molecule has 0 radical (unpaired) electrons. The van der Waals surface area contributed by atoms with Crippen LogP contribution < -0.4 is 5.32 Å². The molecule has 4 unspecified atom stereocenters. The van der Waals surface area contributed by atoms with Crippen molar-refractivity contribution in [2.24, 2.45) is 11.8 Å². The second-order valence-electron chi connectivity index (χ2n) is 6.26. The van der Waals surface area contributed by atoms with Crippen molar-refractivity contribution in [1.29, 1.82) is 0 Å². The number of nitrogens with one attached hydrogen (secondary N) is 1. The van der Waals surface area contributed by atoms with Gasteiger partial charge in [-0.15, -0.1) is 0 Å². The number of likely N-dealkylation sites (N-methyl/N-ethyl adjacent to an activating group) is 1. The zero-order valence-electron chi connectivity index (χ0n) is 12.8. The molecule has 1 aromatic rings. The third-order valence-electron chi connectivity index (χ3n) is 4.69. The smallest absolute Gasteiger partial charge is 0.0446 e. The third kappa shape index (κ3) is 3.58. The van der Waals surface area contributed by atoms with Crippen LogP contribution in [0.15, 0.2) is 30.3 Å². The zero-order valence-corrected chi connectivity index (χ0v) is 12.8. The van der Waals surface area contributed by atoms with Crippen molar-refractivity contribution in [2.75, 3.05) is 20.1 Å². The minimum Gasteiger partial charge on any atom is -0.312 e. The van der Waals surface area contributed by atoms with Crippen molar-refractivity contribution in [3.8, 4) is 0 Å². The average molecular weight is 260 g/mol. The van der Waals surface area contributed by atoms with E-state index in [0.717, 1.165) is 18.4 Å². The lowest BCUT2D eigenvalue weighted by Gasteiger charge is -2.42. The lowest BCUT2D eigenvalue weighted by Crippen LogP contribution is -2.48. The Balaban J connectivity index is 2.05. The lowest BCUT2D eigenvalue weighted by atomic mass is 9.85. The second kappa shape index (κ2) is 6.53. The molecule has 0 saturated carbocycles. The molecule has 0 bridgehead atoms. The summed E-state index contributed by atoms with van der Waals surface area (Å²) in [7, 11) is 2.07. The molecule has 1 fully saturated rings. The van der Waals surface area contributed by atoms with Crippen LogP contribution in [0.2, 0.25) is 0 Å². The van der Waals surface area contributed by atoms with E-state index in [1.807, 2.05) is 0 Å². The van der Waals surface area contributed by atoms with E-state index >= 15 is 0 Å². The lowest BCUT2D eigenvalue weighted by molar-refractivity contribution is 0.0710. The highest BCUT2D eigenvalue weighted by molar-refractivity contribution is 5.19. The van der Waals surface area contributed by atoms with Crippen LogP contribution >= 0.6 is 0 Å². The number of nitrogens with zero attached hydrogens (tertiary/aromatic N) is 1. The van der Waals surface area contributed by atoms with Gasteiger partial charge in [0, 0.05) is 25.2 Å². The summed E-state index contributed by atoms with van der Waals surface area (Å²) >= 11 is 0. The van der Waals surface area contributed by atoms with Crippen molar-refractivity contribution in [1.82, 2.24) is 10.2 Å². The quantitative estimate of drug-likeness (QED) is 0.893. The van der Waals surface area contributed by atoms with Gasteiger partial charge in [0.25, 0.3) is 0 Å². The van der Waals surface area contributed by atoms with Gasteiger partial charge >= 0.3 is 0 Å². The van der Waals surface area contributed by atoms with E-state index in [9.17, 15) is 0 Å². The summed E-state index contributed by atoms with van der Waals surface area (Å²) in [6, 6.07) is 11.9. The molecule has 1 aliphatic heterocycles. The first-order chi connectivity index (χ1) is 9.11. The number of hydrogen-bond acceptors (Lipinski definition) is 2. The van der Waals surface area contributed by atoms with Gasteiger partial charge in [0.1, 0.15) is 0 Å². The van der Waals surface area contributed by atoms with Gasteiger partial charge in [-0.3, -0.25) is 4.90 Å². The van der Waals surface area contributed by atoms with Crippen molar-refractivity contribution in [3.05, 3.63) is 35.9 Å². The van der Waals surface area contributed by atoms with Gasteiger partial charge in [0.2, 0.25) is 0 Å². The Morgan fingerprint density at radius 1 is 1.21 bits per heavy atom. The fourth-order valence-corrected chi connectivity index (χ4v) is 3.36. The van der Waals surface area contributed by atoms with Crippen LogP contribution in [0.25, 0.3) is 0 Å². The minimum atomic E-state index is 0.432. The summed E-state index contributed by atoms with van der Waals surface area (Å²) in [4.78, 5) is 2.66. The second-order valence-corrected chi connectivity index (χ2v) is 6.26. The zero-order chi connectivity index (χ0) is 13.8. The van der Waals surface area contributed by atoms with E-state index in [4.69, 9.17) is 0 Å². The monoisotopic (exact) mass is 260 g/mol. The molecule has 0 amide bonds. The Hall–Kier alpha value is -0.860. The van der Waals surface area contributed by atoms with E-state index in [2.05, 4.69) is 68.4 Å². The van der Waals surface area contributed by atoms with Gasteiger partial charge < -0.3 is 5.32 Å². The van der Waals surface area contributed by atoms with Crippen LogP contribution in [0.5, 0.6) is 0 Å². The highest BCUT2D eigenvalue weighted by Gasteiger charge is 2.30. The first kappa shape index (κ1) is 14.5. The fraction of sp³-hybridized carbons (Fsp3) is 0.647. The summed E-state index contributed by atoms with van der Waals surface area (Å²) in [6.45, 7) is 9.50. The first-order valence-corrected chi connectivity index (χ1v) is 7.58. The van der Waals surface area contributed by atoms with Gasteiger partial charge in [0.15, 0.2) is 0 Å².